The molecule has 1 heterocycles. The molecule has 2 aromatic rings. The number of nitrogens with one attached hydrogen (secondary N) is 2. The minimum absolute atomic E-state index is 0.0728. The maximum absolute atomic E-state index is 12.9. The van der Waals surface area contributed by atoms with E-state index in [2.05, 4.69) is 15.7 Å². The molecule has 0 unspecified atom stereocenters. The van der Waals surface area contributed by atoms with E-state index in [0.29, 0.717) is 24.5 Å². The Morgan fingerprint density at radius 2 is 2.04 bits per heavy atom. The van der Waals surface area contributed by atoms with Crippen LogP contribution in [0.4, 0.5) is 18.9 Å². The number of aryl methyl sites for hydroxylation is 1. The van der Waals surface area contributed by atoms with Gasteiger partial charge in [-0.3, -0.25) is 4.68 Å². The number of rotatable bonds is 5. The van der Waals surface area contributed by atoms with Crippen LogP contribution in [-0.4, -0.2) is 21.4 Å². The molecule has 0 saturated carbocycles. The Bertz CT molecular complexity index is 672. The van der Waals surface area contributed by atoms with E-state index in [4.69, 9.17) is 23.8 Å². The van der Waals surface area contributed by atoms with Gasteiger partial charge in [-0.25, -0.2) is 0 Å². The van der Waals surface area contributed by atoms with Crippen molar-refractivity contribution in [1.29, 1.82) is 0 Å². The lowest BCUT2D eigenvalue weighted by molar-refractivity contribution is -0.136. The predicted octanol–water partition coefficient (Wildman–Crippen LogP) is 3.93. The van der Waals surface area contributed by atoms with Crippen molar-refractivity contribution in [1.82, 2.24) is 15.1 Å². The Balaban J connectivity index is 1.81. The van der Waals surface area contributed by atoms with Crippen LogP contribution in [0.3, 0.4) is 0 Å². The molecule has 0 fully saturated rings. The summed E-state index contributed by atoms with van der Waals surface area (Å²) in [4.78, 5) is 0. The van der Waals surface area contributed by atoms with Crippen LogP contribution in [0.5, 0.6) is 0 Å². The van der Waals surface area contributed by atoms with Gasteiger partial charge in [0.05, 0.1) is 22.5 Å². The highest BCUT2D eigenvalue weighted by Gasteiger charge is 2.33. The Morgan fingerprint density at radius 1 is 1.30 bits per heavy atom. The number of aromatic nitrogens is 2. The van der Waals surface area contributed by atoms with E-state index in [9.17, 15) is 13.2 Å². The average Bonchev–Trinajstić information content (AvgIpc) is 2.89. The topological polar surface area (TPSA) is 41.9 Å². The number of hydrogen-bond acceptors (Lipinski definition) is 2. The largest absolute Gasteiger partial charge is 0.418 e. The molecule has 9 heteroatoms. The van der Waals surface area contributed by atoms with Gasteiger partial charge in [0, 0.05) is 19.3 Å². The molecule has 0 amide bonds. The molecule has 2 N–H and O–H groups in total. The molecule has 0 atom stereocenters. The summed E-state index contributed by atoms with van der Waals surface area (Å²) >= 11 is 10.8. The number of thiocarbonyl (C=S) groups is 1. The molecule has 23 heavy (non-hydrogen) atoms. The molecule has 124 valence electrons. The molecule has 0 aliphatic rings. The van der Waals surface area contributed by atoms with E-state index < -0.39 is 11.7 Å². The van der Waals surface area contributed by atoms with Crippen molar-refractivity contribution < 1.29 is 13.2 Å². The van der Waals surface area contributed by atoms with Crippen LogP contribution in [0, 0.1) is 0 Å². The first-order chi connectivity index (χ1) is 10.9. The Morgan fingerprint density at radius 3 is 2.70 bits per heavy atom. The quantitative estimate of drug-likeness (QED) is 0.624. The van der Waals surface area contributed by atoms with E-state index >= 15 is 0 Å². The predicted molar refractivity (Wildman–Crippen MR) is 87.5 cm³/mol. The number of halogens is 4. The molecule has 0 saturated heterocycles. The fraction of sp³-hybridized carbons (Fsp3) is 0.286. The Kier molecular flexibility index (Phi) is 5.84. The number of hydrogen-bond donors (Lipinski definition) is 2. The maximum Gasteiger partial charge on any atom is 0.418 e. The monoisotopic (exact) mass is 362 g/mol. The van der Waals surface area contributed by atoms with E-state index in [1.807, 2.05) is 0 Å². The molecular formula is C14H14ClF3N4S. The molecule has 0 aliphatic heterocycles. The first kappa shape index (κ1) is 17.6. The number of anilines is 1. The highest BCUT2D eigenvalue weighted by atomic mass is 35.5. The lowest BCUT2D eigenvalue weighted by Gasteiger charge is -2.15. The number of nitrogens with zero attached hydrogens (tertiary/aromatic N) is 2. The SMILES string of the molecule is FC(F)(F)c1ccccc1NC(=S)NCCCn1cc(Cl)cn1. The van der Waals surface area contributed by atoms with Crippen molar-refractivity contribution in [3.8, 4) is 0 Å². The van der Waals surface area contributed by atoms with Gasteiger partial charge in [0.15, 0.2) is 5.11 Å². The van der Waals surface area contributed by atoms with Crippen LogP contribution in [-0.2, 0) is 12.7 Å². The van der Waals surface area contributed by atoms with E-state index in [1.54, 1.807) is 10.9 Å². The van der Waals surface area contributed by atoms with Gasteiger partial charge in [0.2, 0.25) is 0 Å². The number of alkyl halides is 3. The van der Waals surface area contributed by atoms with Gasteiger partial charge in [-0.1, -0.05) is 23.7 Å². The van der Waals surface area contributed by atoms with Gasteiger partial charge in [-0.05, 0) is 30.8 Å². The normalized spacial score (nSPS) is 11.3. The molecule has 0 radical (unpaired) electrons. The molecule has 4 nitrogen and oxygen atoms in total. The third kappa shape index (κ3) is 5.40. The van der Waals surface area contributed by atoms with Crippen molar-refractivity contribution >= 4 is 34.6 Å². The fourth-order valence-electron chi connectivity index (χ4n) is 1.91. The summed E-state index contributed by atoms with van der Waals surface area (Å²) in [5.41, 5.74) is -0.827. The summed E-state index contributed by atoms with van der Waals surface area (Å²) in [5.74, 6) is 0. The van der Waals surface area contributed by atoms with Gasteiger partial charge < -0.3 is 10.6 Å². The van der Waals surface area contributed by atoms with Crippen molar-refractivity contribution in [2.45, 2.75) is 19.1 Å². The van der Waals surface area contributed by atoms with E-state index in [1.165, 1.54) is 24.4 Å². The fourth-order valence-corrected chi connectivity index (χ4v) is 2.28. The summed E-state index contributed by atoms with van der Waals surface area (Å²) in [7, 11) is 0. The number of benzene rings is 1. The molecular weight excluding hydrogens is 349 g/mol. The van der Waals surface area contributed by atoms with Crippen LogP contribution in [0.1, 0.15) is 12.0 Å². The van der Waals surface area contributed by atoms with Gasteiger partial charge in [-0.2, -0.15) is 18.3 Å². The summed E-state index contributed by atoms with van der Waals surface area (Å²) in [6.07, 6.45) is -0.508. The van der Waals surface area contributed by atoms with Crippen molar-refractivity contribution in [3.63, 3.8) is 0 Å². The third-order valence-corrected chi connectivity index (χ3v) is 3.37. The molecule has 0 bridgehead atoms. The first-order valence-corrected chi connectivity index (χ1v) is 7.54. The number of para-hydroxylation sites is 1. The van der Waals surface area contributed by atoms with Crippen molar-refractivity contribution in [3.05, 3.63) is 47.2 Å². The van der Waals surface area contributed by atoms with Crippen LogP contribution < -0.4 is 10.6 Å². The summed E-state index contributed by atoms with van der Waals surface area (Å²) < 4.78 is 40.3. The highest BCUT2D eigenvalue weighted by Crippen LogP contribution is 2.34. The molecule has 2 rings (SSSR count). The van der Waals surface area contributed by atoms with Crippen molar-refractivity contribution in [2.24, 2.45) is 0 Å². The molecule has 1 aromatic heterocycles. The van der Waals surface area contributed by atoms with Gasteiger partial charge in [0.1, 0.15) is 0 Å². The first-order valence-electron chi connectivity index (χ1n) is 6.75. The lowest BCUT2D eigenvalue weighted by atomic mass is 10.1. The van der Waals surface area contributed by atoms with Crippen LogP contribution >= 0.6 is 23.8 Å². The van der Waals surface area contributed by atoms with Crippen LogP contribution in [0.25, 0.3) is 0 Å². The minimum atomic E-state index is -4.43. The molecule has 0 spiro atoms. The van der Waals surface area contributed by atoms with Crippen molar-refractivity contribution in [2.75, 3.05) is 11.9 Å². The molecule has 1 aromatic carbocycles. The zero-order valence-electron chi connectivity index (χ0n) is 11.9. The lowest BCUT2D eigenvalue weighted by Crippen LogP contribution is -2.30. The standard InChI is InChI=1S/C14H14ClF3N4S/c15-10-8-20-22(9-10)7-3-6-19-13(23)21-12-5-2-1-4-11(12)14(16,17)18/h1-2,4-5,8-9H,3,6-7H2,(H2,19,21,23). The smallest absolute Gasteiger partial charge is 0.362 e. The second kappa shape index (κ2) is 7.65. The Hall–Kier alpha value is -1.80. The van der Waals surface area contributed by atoms with Gasteiger partial charge in [0.25, 0.3) is 0 Å². The zero-order chi connectivity index (χ0) is 16.9. The summed E-state index contributed by atoms with van der Waals surface area (Å²) in [6, 6.07) is 5.19. The van der Waals surface area contributed by atoms with Crippen LogP contribution in [0.15, 0.2) is 36.7 Å². The van der Waals surface area contributed by atoms with Gasteiger partial charge in [-0.15, -0.1) is 0 Å². The third-order valence-electron chi connectivity index (χ3n) is 2.93. The van der Waals surface area contributed by atoms with E-state index in [0.717, 1.165) is 6.07 Å². The molecule has 0 aliphatic carbocycles. The van der Waals surface area contributed by atoms with Crippen LogP contribution in [0.2, 0.25) is 5.02 Å². The summed E-state index contributed by atoms with van der Waals surface area (Å²) in [5, 5.41) is 10.2. The second-order valence-corrected chi connectivity index (χ2v) is 5.54. The second-order valence-electron chi connectivity index (χ2n) is 4.70. The zero-order valence-corrected chi connectivity index (χ0v) is 13.5. The van der Waals surface area contributed by atoms with E-state index in [-0.39, 0.29) is 10.8 Å². The minimum Gasteiger partial charge on any atom is -0.362 e. The summed E-state index contributed by atoms with van der Waals surface area (Å²) in [6.45, 7) is 1.12. The Labute approximate surface area is 141 Å². The maximum atomic E-state index is 12.9. The highest BCUT2D eigenvalue weighted by molar-refractivity contribution is 7.80. The van der Waals surface area contributed by atoms with Gasteiger partial charge >= 0.3 is 6.18 Å². The average molecular weight is 363 g/mol.